The zero-order valence-corrected chi connectivity index (χ0v) is 12.7. The van der Waals surface area contributed by atoms with Gasteiger partial charge in [-0.25, -0.2) is 8.42 Å². The second kappa shape index (κ2) is 6.91. The molecule has 0 unspecified atom stereocenters. The molecule has 1 N–H and O–H groups in total. The number of nitrogens with one attached hydrogen (secondary N) is 1. The highest BCUT2D eigenvalue weighted by molar-refractivity contribution is 8.14. The van der Waals surface area contributed by atoms with E-state index >= 15 is 0 Å². The van der Waals surface area contributed by atoms with Crippen molar-refractivity contribution in [3.63, 3.8) is 0 Å². The van der Waals surface area contributed by atoms with Crippen molar-refractivity contribution in [1.29, 1.82) is 0 Å². The van der Waals surface area contributed by atoms with Crippen molar-refractivity contribution < 1.29 is 18.1 Å². The van der Waals surface area contributed by atoms with Gasteiger partial charge in [-0.05, 0) is 12.1 Å². The number of hydrogen-bond donors (Lipinski definition) is 1. The van der Waals surface area contributed by atoms with Crippen LogP contribution in [0.4, 0.5) is 5.69 Å². The molecule has 1 rings (SSSR count). The molecule has 0 saturated carbocycles. The van der Waals surface area contributed by atoms with Crippen LogP contribution in [0.25, 0.3) is 0 Å². The van der Waals surface area contributed by atoms with Gasteiger partial charge in [0, 0.05) is 35.1 Å². The monoisotopic (exact) mass is 338 g/mol. The Bertz CT molecular complexity index is 633. The number of amides is 1. The van der Waals surface area contributed by atoms with Crippen molar-refractivity contribution in [3.05, 3.63) is 33.9 Å². The minimum absolute atomic E-state index is 0.0594. The normalized spacial score (nSPS) is 11.1. The smallest absolute Gasteiger partial charge is 0.282 e. The predicted octanol–water partition coefficient (Wildman–Crippen LogP) is 1.62. The van der Waals surface area contributed by atoms with Crippen molar-refractivity contribution >= 4 is 43.1 Å². The van der Waals surface area contributed by atoms with Crippen LogP contribution in [-0.4, -0.2) is 37.8 Å². The predicted molar refractivity (Wildman–Crippen MR) is 76.9 cm³/mol. The van der Waals surface area contributed by atoms with E-state index in [0.29, 0.717) is 0 Å². The molecule has 7 nitrogen and oxygen atoms in total. The summed E-state index contributed by atoms with van der Waals surface area (Å²) in [6.07, 6.45) is 0. The molecule has 1 aromatic carbocycles. The number of hydrogen-bond acceptors (Lipinski definition) is 6. The summed E-state index contributed by atoms with van der Waals surface area (Å²) in [5.74, 6) is -0.642. The van der Waals surface area contributed by atoms with Crippen molar-refractivity contribution in [3.8, 4) is 0 Å². The molecule has 0 aromatic heterocycles. The number of carbonyl (C=O) groups excluding carboxylic acids is 1. The highest BCUT2D eigenvalue weighted by Crippen LogP contribution is 2.30. The molecule has 0 aliphatic carbocycles. The van der Waals surface area contributed by atoms with Crippen LogP contribution in [0.5, 0.6) is 0 Å². The molecular formula is C10H11ClN2O5S2. The summed E-state index contributed by atoms with van der Waals surface area (Å²) < 4.78 is 21.6. The van der Waals surface area contributed by atoms with Crippen LogP contribution >= 0.6 is 22.4 Å². The van der Waals surface area contributed by atoms with E-state index in [1.807, 2.05) is 0 Å². The Morgan fingerprint density at radius 3 is 2.65 bits per heavy atom. The van der Waals surface area contributed by atoms with E-state index in [2.05, 4.69) is 5.32 Å². The number of halogens is 1. The van der Waals surface area contributed by atoms with Crippen molar-refractivity contribution in [1.82, 2.24) is 5.32 Å². The zero-order valence-electron chi connectivity index (χ0n) is 10.3. The Kier molecular flexibility index (Phi) is 5.78. The first-order valence-corrected chi connectivity index (χ1v) is 8.76. The lowest BCUT2D eigenvalue weighted by atomic mass is 10.2. The molecule has 110 valence electrons. The molecular weight excluding hydrogens is 328 g/mol. The molecule has 0 spiro atoms. The van der Waals surface area contributed by atoms with Gasteiger partial charge in [0.15, 0.2) is 0 Å². The second-order valence-corrected chi connectivity index (χ2v) is 7.64. The largest absolute Gasteiger partial charge is 0.355 e. The molecule has 0 radical (unpaired) electrons. The lowest BCUT2D eigenvalue weighted by molar-refractivity contribution is -0.387. The quantitative estimate of drug-likeness (QED) is 0.365. The van der Waals surface area contributed by atoms with Crippen LogP contribution in [0.1, 0.15) is 10.4 Å². The number of nitro benzene ring substituents is 1. The molecule has 0 aliphatic heterocycles. The summed E-state index contributed by atoms with van der Waals surface area (Å²) in [6.45, 7) is 0. The number of carbonyl (C=O) groups is 1. The summed E-state index contributed by atoms with van der Waals surface area (Å²) in [6, 6.07) is 3.89. The summed E-state index contributed by atoms with van der Waals surface area (Å²) in [5, 5.41) is 13.3. The fourth-order valence-electron chi connectivity index (χ4n) is 1.32. The highest BCUT2D eigenvalue weighted by Gasteiger charge is 2.17. The lowest BCUT2D eigenvalue weighted by Crippen LogP contribution is -2.17. The number of nitro groups is 1. The molecule has 0 heterocycles. The van der Waals surface area contributed by atoms with Gasteiger partial charge in [-0.15, -0.1) is 11.8 Å². The van der Waals surface area contributed by atoms with Gasteiger partial charge < -0.3 is 5.32 Å². The number of benzene rings is 1. The third kappa shape index (κ3) is 4.99. The first-order valence-electron chi connectivity index (χ1n) is 5.30. The molecule has 0 atom stereocenters. The van der Waals surface area contributed by atoms with Gasteiger partial charge in [-0.3, -0.25) is 14.9 Å². The van der Waals surface area contributed by atoms with Crippen LogP contribution in [0.15, 0.2) is 23.1 Å². The Hall–Kier alpha value is -1.32. The molecule has 0 bridgehead atoms. The highest BCUT2D eigenvalue weighted by atomic mass is 35.7. The summed E-state index contributed by atoms with van der Waals surface area (Å²) >= 11 is 0.959. The maximum absolute atomic E-state index is 11.5. The molecule has 0 aliphatic rings. The van der Waals surface area contributed by atoms with Crippen LogP contribution in [0.3, 0.4) is 0 Å². The summed E-state index contributed by atoms with van der Waals surface area (Å²) in [5.41, 5.74) is 0.0731. The fourth-order valence-corrected chi connectivity index (χ4v) is 3.73. The average molecular weight is 339 g/mol. The molecule has 0 saturated heterocycles. The summed E-state index contributed by atoms with van der Waals surface area (Å²) in [7, 11) is 2.85. The van der Waals surface area contributed by atoms with E-state index in [-0.39, 0.29) is 33.6 Å². The maximum atomic E-state index is 11.5. The van der Waals surface area contributed by atoms with E-state index in [1.165, 1.54) is 25.2 Å². The fraction of sp³-hybridized carbons (Fsp3) is 0.300. The first-order chi connectivity index (χ1) is 9.24. The Morgan fingerprint density at radius 1 is 1.50 bits per heavy atom. The van der Waals surface area contributed by atoms with Gasteiger partial charge in [0.05, 0.1) is 15.6 Å². The zero-order chi connectivity index (χ0) is 15.3. The lowest BCUT2D eigenvalue weighted by Gasteiger charge is -2.05. The van der Waals surface area contributed by atoms with Crippen LogP contribution in [-0.2, 0) is 9.05 Å². The Balaban J connectivity index is 3.00. The third-order valence-corrected chi connectivity index (χ3v) is 4.69. The molecule has 20 heavy (non-hydrogen) atoms. The topological polar surface area (TPSA) is 106 Å². The van der Waals surface area contributed by atoms with Crippen LogP contribution in [0, 0.1) is 10.1 Å². The average Bonchev–Trinajstić information content (AvgIpc) is 2.35. The summed E-state index contributed by atoms with van der Waals surface area (Å²) in [4.78, 5) is 22.0. The van der Waals surface area contributed by atoms with Crippen LogP contribution < -0.4 is 5.32 Å². The van der Waals surface area contributed by atoms with Gasteiger partial charge in [-0.1, -0.05) is 0 Å². The van der Waals surface area contributed by atoms with Gasteiger partial charge in [-0.2, -0.15) is 0 Å². The minimum atomic E-state index is -3.66. The van der Waals surface area contributed by atoms with Crippen molar-refractivity contribution in [2.45, 2.75) is 4.90 Å². The van der Waals surface area contributed by atoms with Gasteiger partial charge in [0.25, 0.3) is 11.6 Å². The minimum Gasteiger partial charge on any atom is -0.355 e. The Morgan fingerprint density at radius 2 is 2.15 bits per heavy atom. The first kappa shape index (κ1) is 16.7. The van der Waals surface area contributed by atoms with Gasteiger partial charge in [0.1, 0.15) is 0 Å². The van der Waals surface area contributed by atoms with Gasteiger partial charge >= 0.3 is 0 Å². The van der Waals surface area contributed by atoms with Crippen LogP contribution in [0.2, 0.25) is 0 Å². The SMILES string of the molecule is CNC(=O)c1ccc([N+](=O)[O-])c(SCCS(=O)(=O)Cl)c1. The maximum Gasteiger partial charge on any atom is 0.282 e. The number of rotatable bonds is 6. The molecule has 10 heteroatoms. The standard InChI is InChI=1S/C10H11ClN2O5S2/c1-12-10(14)7-2-3-8(13(15)16)9(6-7)19-4-5-20(11,17)18/h2-3,6H,4-5H2,1H3,(H,12,14). The van der Waals surface area contributed by atoms with Crippen molar-refractivity contribution in [2.75, 3.05) is 18.6 Å². The van der Waals surface area contributed by atoms with E-state index in [9.17, 15) is 23.3 Å². The van der Waals surface area contributed by atoms with E-state index in [0.717, 1.165) is 11.8 Å². The number of thioether (sulfide) groups is 1. The number of nitrogens with zero attached hydrogens (tertiary/aromatic N) is 1. The van der Waals surface area contributed by atoms with Crippen molar-refractivity contribution in [2.24, 2.45) is 0 Å². The van der Waals surface area contributed by atoms with E-state index in [4.69, 9.17) is 10.7 Å². The molecule has 1 aromatic rings. The van der Waals surface area contributed by atoms with E-state index < -0.39 is 14.0 Å². The molecule has 0 fully saturated rings. The van der Waals surface area contributed by atoms with E-state index in [1.54, 1.807) is 0 Å². The van der Waals surface area contributed by atoms with Gasteiger partial charge in [0.2, 0.25) is 9.05 Å². The Labute approximate surface area is 124 Å². The molecule has 1 amide bonds. The third-order valence-electron chi connectivity index (χ3n) is 2.23. The second-order valence-electron chi connectivity index (χ2n) is 3.61.